The van der Waals surface area contributed by atoms with E-state index in [9.17, 15) is 9.18 Å². The van der Waals surface area contributed by atoms with E-state index in [1.165, 1.54) is 10.7 Å². The van der Waals surface area contributed by atoms with Gasteiger partial charge in [-0.15, -0.1) is 10.2 Å². The van der Waals surface area contributed by atoms with Gasteiger partial charge in [-0.1, -0.05) is 41.6 Å². The lowest BCUT2D eigenvalue weighted by Gasteiger charge is -2.11. The normalized spacial score (nSPS) is 10.8. The van der Waals surface area contributed by atoms with E-state index in [2.05, 4.69) is 15.5 Å². The van der Waals surface area contributed by atoms with Gasteiger partial charge in [0.05, 0.1) is 22.0 Å². The van der Waals surface area contributed by atoms with Crippen molar-refractivity contribution in [1.82, 2.24) is 14.9 Å². The van der Waals surface area contributed by atoms with Gasteiger partial charge >= 0.3 is 0 Å². The number of aromatic nitrogens is 3. The second-order valence-electron chi connectivity index (χ2n) is 5.93. The van der Waals surface area contributed by atoms with Crippen molar-refractivity contribution in [2.24, 2.45) is 0 Å². The van der Waals surface area contributed by atoms with Crippen molar-refractivity contribution in [3.63, 3.8) is 0 Å². The van der Waals surface area contributed by atoms with Crippen LogP contribution in [0.5, 0.6) is 0 Å². The molecule has 3 N–H and O–H groups in total. The standard InChI is InChI=1S/C18H17ClFN5OS/c1-10-7-11(2)16(13(19)8-10)22-15(26)9-27-18-24-23-17(25(18)21)12-5-3-4-6-14(12)20/h3-8H,9,21H2,1-2H3,(H,22,26). The van der Waals surface area contributed by atoms with Gasteiger partial charge in [0.1, 0.15) is 5.82 Å². The van der Waals surface area contributed by atoms with Crippen LogP contribution in [0.3, 0.4) is 0 Å². The molecule has 0 bridgehead atoms. The van der Waals surface area contributed by atoms with Crippen molar-refractivity contribution in [3.05, 3.63) is 58.4 Å². The fraction of sp³-hybridized carbons (Fsp3) is 0.167. The topological polar surface area (TPSA) is 85.8 Å². The summed E-state index contributed by atoms with van der Waals surface area (Å²) in [4.78, 5) is 12.3. The number of benzene rings is 2. The first-order valence-electron chi connectivity index (χ1n) is 8.01. The summed E-state index contributed by atoms with van der Waals surface area (Å²) < 4.78 is 15.1. The maximum Gasteiger partial charge on any atom is 0.234 e. The molecule has 0 spiro atoms. The zero-order chi connectivity index (χ0) is 19.6. The van der Waals surface area contributed by atoms with Crippen LogP contribution in [0.1, 0.15) is 11.1 Å². The SMILES string of the molecule is Cc1cc(C)c(NC(=O)CSc2nnc(-c3ccccc3F)n2N)c(Cl)c1. The molecule has 27 heavy (non-hydrogen) atoms. The predicted octanol–water partition coefficient (Wildman–Crippen LogP) is 3.80. The van der Waals surface area contributed by atoms with Crippen molar-refractivity contribution in [1.29, 1.82) is 0 Å². The average Bonchev–Trinajstić information content (AvgIpc) is 2.97. The first-order valence-corrected chi connectivity index (χ1v) is 9.38. The summed E-state index contributed by atoms with van der Waals surface area (Å²) in [6, 6.07) is 9.86. The number of halogens is 2. The van der Waals surface area contributed by atoms with E-state index in [4.69, 9.17) is 17.4 Å². The fourth-order valence-electron chi connectivity index (χ4n) is 2.58. The lowest BCUT2D eigenvalue weighted by molar-refractivity contribution is -0.113. The number of hydrogen-bond acceptors (Lipinski definition) is 5. The molecule has 0 fully saturated rings. The smallest absolute Gasteiger partial charge is 0.234 e. The summed E-state index contributed by atoms with van der Waals surface area (Å²) in [6.07, 6.45) is 0. The van der Waals surface area contributed by atoms with Gasteiger partial charge in [0.15, 0.2) is 5.82 Å². The van der Waals surface area contributed by atoms with Gasteiger partial charge in [-0.2, -0.15) is 0 Å². The molecular formula is C18H17ClFN5OS. The lowest BCUT2D eigenvalue weighted by atomic mass is 10.1. The summed E-state index contributed by atoms with van der Waals surface area (Å²) in [7, 11) is 0. The van der Waals surface area contributed by atoms with Crippen molar-refractivity contribution < 1.29 is 9.18 Å². The number of rotatable bonds is 5. The molecule has 1 aromatic heterocycles. The van der Waals surface area contributed by atoms with E-state index >= 15 is 0 Å². The molecule has 1 heterocycles. The molecule has 1 amide bonds. The second kappa shape index (κ2) is 7.98. The molecule has 0 atom stereocenters. The zero-order valence-corrected chi connectivity index (χ0v) is 16.2. The Labute approximate surface area is 164 Å². The van der Waals surface area contributed by atoms with Crippen LogP contribution in [-0.2, 0) is 4.79 Å². The number of thioether (sulfide) groups is 1. The molecule has 0 saturated heterocycles. The van der Waals surface area contributed by atoms with E-state index in [1.54, 1.807) is 24.3 Å². The maximum absolute atomic E-state index is 13.9. The van der Waals surface area contributed by atoms with Gasteiger partial charge in [-0.25, -0.2) is 9.07 Å². The molecule has 6 nitrogen and oxygen atoms in total. The van der Waals surface area contributed by atoms with Gasteiger partial charge < -0.3 is 11.2 Å². The number of aryl methyl sites for hydroxylation is 2. The highest BCUT2D eigenvalue weighted by atomic mass is 35.5. The Morgan fingerprint density at radius 2 is 2.04 bits per heavy atom. The molecule has 0 aliphatic carbocycles. The molecule has 0 saturated carbocycles. The minimum atomic E-state index is -0.449. The van der Waals surface area contributed by atoms with Crippen LogP contribution in [0.25, 0.3) is 11.4 Å². The van der Waals surface area contributed by atoms with E-state index in [1.807, 2.05) is 19.9 Å². The van der Waals surface area contributed by atoms with Gasteiger partial charge in [0, 0.05) is 0 Å². The number of nitrogen functional groups attached to an aromatic ring is 1. The molecular weight excluding hydrogens is 389 g/mol. The summed E-state index contributed by atoms with van der Waals surface area (Å²) in [5.41, 5.74) is 2.71. The predicted molar refractivity (Wildman–Crippen MR) is 106 cm³/mol. The minimum absolute atomic E-state index is 0.0518. The molecule has 0 aliphatic rings. The number of nitrogens with two attached hydrogens (primary N) is 1. The Kier molecular flexibility index (Phi) is 5.67. The monoisotopic (exact) mass is 405 g/mol. The summed E-state index contributed by atoms with van der Waals surface area (Å²) in [5, 5.41) is 11.4. The van der Waals surface area contributed by atoms with Gasteiger partial charge in [0.2, 0.25) is 11.1 Å². The third kappa shape index (κ3) is 4.23. The average molecular weight is 406 g/mol. The van der Waals surface area contributed by atoms with Gasteiger partial charge in [0.25, 0.3) is 0 Å². The van der Waals surface area contributed by atoms with Crippen molar-refractivity contribution >= 4 is 35.0 Å². The van der Waals surface area contributed by atoms with E-state index in [0.29, 0.717) is 15.9 Å². The van der Waals surface area contributed by atoms with Crippen molar-refractivity contribution in [2.45, 2.75) is 19.0 Å². The number of amides is 1. The van der Waals surface area contributed by atoms with Gasteiger partial charge in [-0.3, -0.25) is 4.79 Å². The molecule has 0 radical (unpaired) electrons. The highest BCUT2D eigenvalue weighted by Crippen LogP contribution is 2.28. The number of anilines is 1. The second-order valence-corrected chi connectivity index (χ2v) is 7.28. The maximum atomic E-state index is 13.9. The molecule has 3 rings (SSSR count). The Hall–Kier alpha value is -2.58. The molecule has 0 unspecified atom stereocenters. The van der Waals surface area contributed by atoms with Gasteiger partial charge in [-0.05, 0) is 43.2 Å². The van der Waals surface area contributed by atoms with Crippen LogP contribution in [0, 0.1) is 19.7 Å². The van der Waals surface area contributed by atoms with Crippen LogP contribution in [0.4, 0.5) is 10.1 Å². The number of nitrogens with zero attached hydrogens (tertiary/aromatic N) is 3. The fourth-order valence-corrected chi connectivity index (χ4v) is 3.61. The Morgan fingerprint density at radius 3 is 2.74 bits per heavy atom. The van der Waals surface area contributed by atoms with Crippen molar-refractivity contribution in [3.8, 4) is 11.4 Å². The highest BCUT2D eigenvalue weighted by molar-refractivity contribution is 7.99. The summed E-state index contributed by atoms with van der Waals surface area (Å²) >= 11 is 7.30. The number of carbonyl (C=O) groups is 1. The Morgan fingerprint density at radius 1 is 1.30 bits per heavy atom. The first kappa shape index (κ1) is 19.2. The van der Waals surface area contributed by atoms with Crippen LogP contribution in [0.2, 0.25) is 5.02 Å². The minimum Gasteiger partial charge on any atom is -0.335 e. The zero-order valence-electron chi connectivity index (χ0n) is 14.7. The van der Waals surface area contributed by atoms with E-state index < -0.39 is 5.82 Å². The highest BCUT2D eigenvalue weighted by Gasteiger charge is 2.17. The number of hydrogen-bond donors (Lipinski definition) is 2. The van der Waals surface area contributed by atoms with E-state index in [0.717, 1.165) is 22.9 Å². The quantitative estimate of drug-likeness (QED) is 0.498. The van der Waals surface area contributed by atoms with Crippen LogP contribution in [-0.4, -0.2) is 26.5 Å². The van der Waals surface area contributed by atoms with Crippen LogP contribution in [0.15, 0.2) is 41.6 Å². The number of carbonyl (C=O) groups excluding carboxylic acids is 1. The Balaban J connectivity index is 1.69. The molecule has 9 heteroatoms. The lowest BCUT2D eigenvalue weighted by Crippen LogP contribution is -2.17. The van der Waals surface area contributed by atoms with E-state index in [-0.39, 0.29) is 23.0 Å². The first-order chi connectivity index (χ1) is 12.9. The third-order valence-corrected chi connectivity index (χ3v) is 5.05. The molecule has 3 aromatic rings. The summed E-state index contributed by atoms with van der Waals surface area (Å²) in [5.74, 6) is 5.49. The van der Waals surface area contributed by atoms with Crippen molar-refractivity contribution in [2.75, 3.05) is 16.9 Å². The third-order valence-electron chi connectivity index (χ3n) is 3.81. The van der Waals surface area contributed by atoms with Crippen LogP contribution >= 0.6 is 23.4 Å². The largest absolute Gasteiger partial charge is 0.335 e. The van der Waals surface area contributed by atoms with Crippen LogP contribution < -0.4 is 11.2 Å². The number of nitrogens with one attached hydrogen (secondary N) is 1. The summed E-state index contributed by atoms with van der Waals surface area (Å²) in [6.45, 7) is 3.81. The molecule has 140 valence electrons. The molecule has 2 aromatic carbocycles. The molecule has 0 aliphatic heterocycles. The Bertz CT molecular complexity index is 984.